The van der Waals surface area contributed by atoms with Crippen molar-refractivity contribution >= 4 is 40.1 Å². The van der Waals surface area contributed by atoms with E-state index in [1.165, 1.54) is 16.2 Å². The molecule has 0 atom stereocenters. The van der Waals surface area contributed by atoms with Crippen molar-refractivity contribution in [3.05, 3.63) is 75.8 Å². The molecule has 2 aromatic carbocycles. The summed E-state index contributed by atoms with van der Waals surface area (Å²) in [5.74, 6) is -2.96. The number of likely N-dealkylation sites (N-methyl/N-ethyl adjacent to an activating group) is 1. The van der Waals surface area contributed by atoms with E-state index in [-0.39, 0.29) is 11.9 Å². The normalized spacial score (nSPS) is 15.0. The molecule has 2 aliphatic rings. The highest BCUT2D eigenvalue weighted by Crippen LogP contribution is 2.28. The Kier molecular flexibility index (Phi) is 8.89. The van der Waals surface area contributed by atoms with Crippen LogP contribution in [0.15, 0.2) is 48.5 Å². The number of amides is 3. The van der Waals surface area contributed by atoms with Gasteiger partial charge < -0.3 is 14.9 Å². The Labute approximate surface area is 237 Å². The highest BCUT2D eigenvalue weighted by atomic mass is 32.1. The number of carboxylic acids is 1. The maximum absolute atomic E-state index is 12.9. The van der Waals surface area contributed by atoms with Crippen molar-refractivity contribution in [2.75, 3.05) is 36.9 Å². The lowest BCUT2D eigenvalue weighted by Crippen LogP contribution is -2.31. The second kappa shape index (κ2) is 12.4. The van der Waals surface area contributed by atoms with Crippen LogP contribution < -0.4 is 10.2 Å². The van der Waals surface area contributed by atoms with Gasteiger partial charge in [-0.15, -0.1) is 11.3 Å². The number of hydrogen-bond donors (Lipinski definition) is 2. The molecule has 0 spiro atoms. The van der Waals surface area contributed by atoms with Crippen LogP contribution in [0.4, 0.5) is 28.8 Å². The Morgan fingerprint density at radius 1 is 1.15 bits per heavy atom. The summed E-state index contributed by atoms with van der Waals surface area (Å²) in [6, 6.07) is 16.4. The van der Waals surface area contributed by atoms with Gasteiger partial charge in [0.15, 0.2) is 5.13 Å². The maximum Gasteiger partial charge on any atom is 0.490 e. The van der Waals surface area contributed by atoms with Crippen molar-refractivity contribution < 1.29 is 32.7 Å². The van der Waals surface area contributed by atoms with Gasteiger partial charge in [-0.2, -0.15) is 18.4 Å². The minimum atomic E-state index is -5.08. The molecule has 3 aromatic rings. The predicted octanol–water partition coefficient (Wildman–Crippen LogP) is 4.33. The van der Waals surface area contributed by atoms with Crippen LogP contribution in [-0.4, -0.2) is 70.7 Å². The lowest BCUT2D eigenvalue weighted by atomic mass is 10.1. The smallest absolute Gasteiger partial charge is 0.475 e. The third kappa shape index (κ3) is 7.38. The fourth-order valence-electron chi connectivity index (χ4n) is 4.26. The number of alkyl halides is 3. The number of halogens is 3. The van der Waals surface area contributed by atoms with Gasteiger partial charge in [-0.25, -0.2) is 14.6 Å². The summed E-state index contributed by atoms with van der Waals surface area (Å²) in [6.45, 7) is 3.43. The first-order valence-electron chi connectivity index (χ1n) is 12.4. The molecule has 214 valence electrons. The Morgan fingerprint density at radius 2 is 1.85 bits per heavy atom. The molecule has 2 N–H and O–H groups in total. The van der Waals surface area contributed by atoms with Crippen molar-refractivity contribution in [3.8, 4) is 6.07 Å². The van der Waals surface area contributed by atoms with Crippen molar-refractivity contribution in [1.29, 1.82) is 5.26 Å². The number of hydrogen-bond acceptors (Lipinski definition) is 7. The number of fused-ring (bicyclic) bond motifs is 1. The Hall–Kier alpha value is -4.48. The third-order valence-electron chi connectivity index (χ3n) is 6.35. The number of anilines is 2. The van der Waals surface area contributed by atoms with Gasteiger partial charge in [-0.1, -0.05) is 12.1 Å². The number of rotatable bonds is 5. The van der Waals surface area contributed by atoms with Crippen LogP contribution >= 0.6 is 11.3 Å². The second-order valence-corrected chi connectivity index (χ2v) is 10.4. The van der Waals surface area contributed by atoms with E-state index in [4.69, 9.17) is 15.2 Å². The van der Waals surface area contributed by atoms with Gasteiger partial charge >= 0.3 is 18.2 Å². The zero-order valence-electron chi connectivity index (χ0n) is 21.8. The number of carbonyl (C=O) groups is 3. The number of benzene rings is 2. The summed E-state index contributed by atoms with van der Waals surface area (Å²) in [5, 5.41) is 19.7. The maximum atomic E-state index is 12.9. The summed E-state index contributed by atoms with van der Waals surface area (Å²) in [7, 11) is 2.08. The fraction of sp³-hybridized carbons (Fsp3) is 0.296. The summed E-state index contributed by atoms with van der Waals surface area (Å²) < 4.78 is 31.7. The number of nitrogens with zero attached hydrogens (tertiary/aromatic N) is 5. The fourth-order valence-corrected chi connectivity index (χ4v) is 5.35. The Balaban J connectivity index is 0.000000493. The number of carbonyl (C=O) groups excluding carboxylic acids is 2. The van der Waals surface area contributed by atoms with Crippen molar-refractivity contribution in [1.82, 2.24) is 14.8 Å². The molecule has 1 aromatic heterocycles. The van der Waals surface area contributed by atoms with Gasteiger partial charge in [-0.3, -0.25) is 15.0 Å². The first-order chi connectivity index (χ1) is 19.4. The zero-order chi connectivity index (χ0) is 29.7. The molecule has 0 saturated carbocycles. The minimum Gasteiger partial charge on any atom is -0.475 e. The molecule has 41 heavy (non-hydrogen) atoms. The number of carboxylic acid groups (broad SMARTS) is 1. The second-order valence-electron chi connectivity index (χ2n) is 9.35. The van der Waals surface area contributed by atoms with Crippen molar-refractivity contribution in [2.24, 2.45) is 0 Å². The van der Waals surface area contributed by atoms with E-state index in [0.29, 0.717) is 35.9 Å². The van der Waals surface area contributed by atoms with Crippen LogP contribution in [0, 0.1) is 11.3 Å². The molecule has 0 unspecified atom stereocenters. The predicted molar refractivity (Wildman–Crippen MR) is 145 cm³/mol. The number of nitriles is 1. The van der Waals surface area contributed by atoms with Crippen LogP contribution in [0.3, 0.4) is 0 Å². The van der Waals surface area contributed by atoms with Crippen LogP contribution in [0.2, 0.25) is 0 Å². The van der Waals surface area contributed by atoms with Crippen LogP contribution in [-0.2, 0) is 24.3 Å². The van der Waals surface area contributed by atoms with Crippen molar-refractivity contribution in [3.63, 3.8) is 0 Å². The molecule has 1 saturated heterocycles. The largest absolute Gasteiger partial charge is 0.490 e. The molecule has 0 aliphatic carbocycles. The van der Waals surface area contributed by atoms with E-state index in [2.05, 4.69) is 28.3 Å². The van der Waals surface area contributed by atoms with Crippen molar-refractivity contribution in [2.45, 2.75) is 25.7 Å². The highest BCUT2D eigenvalue weighted by Gasteiger charge is 2.38. The minimum absolute atomic E-state index is 0.0853. The SMILES string of the molecule is CN1CCc2nc(NC(=O)c3cccc(CN4CCN(c5ccc(C#N)cc5)C4=O)c3)sc2C1.O=C(O)C(F)(F)F. The van der Waals surface area contributed by atoms with Crippen LogP contribution in [0.1, 0.15) is 32.1 Å². The monoisotopic (exact) mass is 586 g/mol. The van der Waals surface area contributed by atoms with E-state index >= 15 is 0 Å². The van der Waals surface area contributed by atoms with E-state index in [1.54, 1.807) is 40.1 Å². The average Bonchev–Trinajstić information content (AvgIpc) is 3.50. The number of aliphatic carboxylic acids is 1. The molecular formula is C27H25F3N6O4S. The van der Waals surface area contributed by atoms with Gasteiger partial charge in [0.1, 0.15) is 0 Å². The zero-order valence-corrected chi connectivity index (χ0v) is 22.6. The highest BCUT2D eigenvalue weighted by molar-refractivity contribution is 7.15. The first-order valence-corrected chi connectivity index (χ1v) is 13.2. The molecule has 5 rings (SSSR count). The molecule has 2 aliphatic heterocycles. The number of urea groups is 1. The summed E-state index contributed by atoms with van der Waals surface area (Å²) in [5.41, 5.74) is 3.84. The summed E-state index contributed by atoms with van der Waals surface area (Å²) >= 11 is 1.53. The van der Waals surface area contributed by atoms with E-state index in [0.717, 1.165) is 36.5 Å². The molecule has 0 bridgehead atoms. The number of thiazole rings is 1. The number of nitrogens with one attached hydrogen (secondary N) is 1. The summed E-state index contributed by atoms with van der Waals surface area (Å²) in [4.78, 5) is 46.2. The quantitative estimate of drug-likeness (QED) is 0.455. The van der Waals surface area contributed by atoms with Gasteiger partial charge in [0.2, 0.25) is 0 Å². The third-order valence-corrected chi connectivity index (χ3v) is 7.35. The van der Waals surface area contributed by atoms with Gasteiger partial charge in [0, 0.05) is 55.3 Å². The van der Waals surface area contributed by atoms with E-state index in [9.17, 15) is 22.8 Å². The standard InChI is InChI=1S/C25H24N6O2S.C2HF3O2/c1-29-10-9-21-22(16-29)34-24(27-21)28-23(32)19-4-2-3-18(13-19)15-30-11-12-31(25(30)33)20-7-5-17(14-26)6-8-20;3-2(4,5)1(6)7/h2-8,13H,9-12,15-16H2,1H3,(H,27,28,32);(H,6,7). The number of aromatic nitrogens is 1. The Bertz CT molecular complexity index is 1490. The first kappa shape index (κ1) is 29.5. The lowest BCUT2D eigenvalue weighted by Gasteiger charge is -2.20. The average molecular weight is 587 g/mol. The van der Waals surface area contributed by atoms with Crippen LogP contribution in [0.25, 0.3) is 0 Å². The molecule has 10 nitrogen and oxygen atoms in total. The van der Waals surface area contributed by atoms with Gasteiger partial charge in [-0.05, 0) is 49.0 Å². The van der Waals surface area contributed by atoms with Gasteiger partial charge in [0.05, 0.1) is 17.3 Å². The van der Waals surface area contributed by atoms with Gasteiger partial charge in [0.25, 0.3) is 5.91 Å². The topological polar surface area (TPSA) is 130 Å². The molecule has 3 amide bonds. The Morgan fingerprint density at radius 3 is 2.51 bits per heavy atom. The molecular weight excluding hydrogens is 561 g/mol. The van der Waals surface area contributed by atoms with E-state index in [1.807, 2.05) is 18.2 Å². The van der Waals surface area contributed by atoms with Crippen LogP contribution in [0.5, 0.6) is 0 Å². The molecule has 1 fully saturated rings. The van der Waals surface area contributed by atoms with E-state index < -0.39 is 12.1 Å². The molecule has 0 radical (unpaired) electrons. The molecule has 3 heterocycles. The lowest BCUT2D eigenvalue weighted by molar-refractivity contribution is -0.192. The molecule has 14 heteroatoms. The summed E-state index contributed by atoms with van der Waals surface area (Å²) in [6.07, 6.45) is -4.18.